The van der Waals surface area contributed by atoms with E-state index in [9.17, 15) is 9.59 Å². The van der Waals surface area contributed by atoms with Crippen LogP contribution in [-0.2, 0) is 4.79 Å². The van der Waals surface area contributed by atoms with Gasteiger partial charge in [0.15, 0.2) is 5.78 Å². The fourth-order valence-corrected chi connectivity index (χ4v) is 2.80. The van der Waals surface area contributed by atoms with E-state index in [2.05, 4.69) is 10.3 Å². The fourth-order valence-electron chi connectivity index (χ4n) is 1.90. The highest BCUT2D eigenvalue weighted by molar-refractivity contribution is 8.00. The largest absolute Gasteiger partial charge is 0.325 e. The van der Waals surface area contributed by atoms with Gasteiger partial charge in [-0.15, -0.1) is 0 Å². The van der Waals surface area contributed by atoms with Crippen molar-refractivity contribution in [3.63, 3.8) is 0 Å². The number of nitrogens with one attached hydrogen (secondary N) is 1. The Balaban J connectivity index is 2.01. The van der Waals surface area contributed by atoms with Crippen molar-refractivity contribution in [1.29, 1.82) is 0 Å². The Bertz CT molecular complexity index is 641. The Morgan fingerprint density at radius 3 is 2.45 bits per heavy atom. The van der Waals surface area contributed by atoms with Crippen LogP contribution < -0.4 is 5.32 Å². The van der Waals surface area contributed by atoms with E-state index in [-0.39, 0.29) is 16.9 Å². The number of hydrogen-bond donors (Lipinski definition) is 1. The van der Waals surface area contributed by atoms with Crippen LogP contribution in [0.4, 0.5) is 5.69 Å². The van der Waals surface area contributed by atoms with Crippen molar-refractivity contribution in [2.45, 2.75) is 30.5 Å². The molecule has 1 heterocycles. The lowest BCUT2D eigenvalue weighted by Crippen LogP contribution is -2.24. The van der Waals surface area contributed by atoms with E-state index < -0.39 is 0 Å². The number of carbonyl (C=O) groups is 2. The highest BCUT2D eigenvalue weighted by Crippen LogP contribution is 2.24. The van der Waals surface area contributed by atoms with Crippen molar-refractivity contribution >= 4 is 29.1 Å². The number of rotatable bonds is 6. The third-order valence-electron chi connectivity index (χ3n) is 3.12. The predicted molar refractivity (Wildman–Crippen MR) is 89.2 cm³/mol. The summed E-state index contributed by atoms with van der Waals surface area (Å²) in [5.74, 6) is -0.0521. The first-order chi connectivity index (χ1) is 10.6. The zero-order chi connectivity index (χ0) is 15.9. The molecule has 0 saturated heterocycles. The van der Waals surface area contributed by atoms with Crippen molar-refractivity contribution in [3.8, 4) is 0 Å². The second-order valence-electron chi connectivity index (χ2n) is 4.81. The van der Waals surface area contributed by atoms with Crippen LogP contribution in [0.1, 0.15) is 30.6 Å². The molecule has 0 fully saturated rings. The number of aromatic nitrogens is 1. The highest BCUT2D eigenvalue weighted by Gasteiger charge is 2.18. The van der Waals surface area contributed by atoms with Gasteiger partial charge in [0.2, 0.25) is 5.91 Å². The average molecular weight is 314 g/mol. The van der Waals surface area contributed by atoms with Crippen LogP contribution in [0.5, 0.6) is 0 Å². The summed E-state index contributed by atoms with van der Waals surface area (Å²) in [5, 5.41) is 3.50. The highest BCUT2D eigenvalue weighted by atomic mass is 32.2. The number of ketones is 1. The summed E-state index contributed by atoms with van der Waals surface area (Å²) < 4.78 is 0. The molecule has 0 spiro atoms. The van der Waals surface area contributed by atoms with Gasteiger partial charge in [0, 0.05) is 17.4 Å². The maximum Gasteiger partial charge on any atom is 0.237 e. The number of Topliss-reactive ketones (excluding diaryl/α,β-unsaturated/α-hetero) is 1. The van der Waals surface area contributed by atoms with Crippen LogP contribution in [0.3, 0.4) is 0 Å². The summed E-state index contributed by atoms with van der Waals surface area (Å²) in [6, 6.07) is 12.6. The van der Waals surface area contributed by atoms with Gasteiger partial charge >= 0.3 is 0 Å². The Labute approximate surface area is 134 Å². The summed E-state index contributed by atoms with van der Waals surface area (Å²) in [6.07, 6.45) is 2.42. The Morgan fingerprint density at radius 1 is 1.18 bits per heavy atom. The van der Waals surface area contributed by atoms with Crippen molar-refractivity contribution in [3.05, 3.63) is 54.2 Å². The molecule has 5 heteroatoms. The van der Waals surface area contributed by atoms with Gasteiger partial charge in [0.1, 0.15) is 0 Å². The van der Waals surface area contributed by atoms with Gasteiger partial charge in [0.05, 0.1) is 10.3 Å². The van der Waals surface area contributed by atoms with Crippen LogP contribution in [0.2, 0.25) is 0 Å². The molecule has 1 N–H and O–H groups in total. The molecule has 114 valence electrons. The number of amides is 1. The molecule has 4 nitrogen and oxygen atoms in total. The van der Waals surface area contributed by atoms with E-state index in [0.29, 0.717) is 17.7 Å². The minimum absolute atomic E-state index is 0.00928. The Morgan fingerprint density at radius 2 is 1.91 bits per heavy atom. The van der Waals surface area contributed by atoms with Gasteiger partial charge in [-0.2, -0.15) is 0 Å². The minimum atomic E-state index is -0.206. The molecule has 22 heavy (non-hydrogen) atoms. The number of nitrogens with zero attached hydrogens (tertiary/aromatic N) is 1. The van der Waals surface area contributed by atoms with E-state index >= 15 is 0 Å². The van der Waals surface area contributed by atoms with Crippen LogP contribution in [0.25, 0.3) is 0 Å². The molecular weight excluding hydrogens is 296 g/mol. The van der Waals surface area contributed by atoms with Crippen molar-refractivity contribution in [2.75, 3.05) is 5.32 Å². The third kappa shape index (κ3) is 4.43. The first-order valence-corrected chi connectivity index (χ1v) is 7.97. The Hall–Kier alpha value is -2.14. The molecule has 0 aliphatic rings. The first kappa shape index (κ1) is 16.2. The SMILES string of the molecule is CC[C@H](Sc1ccccn1)C(=O)Nc1ccc(C(C)=O)cc1. The molecule has 2 aromatic rings. The maximum absolute atomic E-state index is 12.3. The molecule has 0 saturated carbocycles. The second kappa shape index (κ2) is 7.75. The summed E-state index contributed by atoms with van der Waals surface area (Å²) in [4.78, 5) is 27.8. The molecule has 1 amide bonds. The van der Waals surface area contributed by atoms with Gasteiger partial charge in [-0.25, -0.2) is 4.98 Å². The number of thioether (sulfide) groups is 1. The second-order valence-corrected chi connectivity index (χ2v) is 6.03. The molecular formula is C17H18N2O2S. The van der Waals surface area contributed by atoms with Gasteiger partial charge in [-0.1, -0.05) is 24.8 Å². The quantitative estimate of drug-likeness (QED) is 0.651. The van der Waals surface area contributed by atoms with Crippen molar-refractivity contribution < 1.29 is 9.59 Å². The lowest BCUT2D eigenvalue weighted by molar-refractivity contribution is -0.115. The topological polar surface area (TPSA) is 59.1 Å². The van der Waals surface area contributed by atoms with Gasteiger partial charge in [-0.3, -0.25) is 9.59 Å². The molecule has 1 aromatic carbocycles. The molecule has 1 aromatic heterocycles. The number of pyridine rings is 1. The normalized spacial score (nSPS) is 11.7. The average Bonchev–Trinajstić information content (AvgIpc) is 2.54. The summed E-state index contributed by atoms with van der Waals surface area (Å²) in [7, 11) is 0. The molecule has 1 atom stereocenters. The fraction of sp³-hybridized carbons (Fsp3) is 0.235. The van der Waals surface area contributed by atoms with E-state index in [1.807, 2.05) is 25.1 Å². The first-order valence-electron chi connectivity index (χ1n) is 7.09. The van der Waals surface area contributed by atoms with E-state index in [1.54, 1.807) is 30.5 Å². The molecule has 0 unspecified atom stereocenters. The number of carbonyl (C=O) groups excluding carboxylic acids is 2. The van der Waals surface area contributed by atoms with Gasteiger partial charge < -0.3 is 5.32 Å². The minimum Gasteiger partial charge on any atom is -0.325 e. The summed E-state index contributed by atoms with van der Waals surface area (Å²) in [5.41, 5.74) is 1.32. The molecule has 0 aliphatic carbocycles. The standard InChI is InChI=1S/C17H18N2O2S/c1-3-15(22-16-6-4-5-11-18-16)17(21)19-14-9-7-13(8-10-14)12(2)20/h4-11,15H,3H2,1-2H3,(H,19,21)/t15-/m0/s1. The number of hydrogen-bond acceptors (Lipinski definition) is 4. The van der Waals surface area contributed by atoms with E-state index in [4.69, 9.17) is 0 Å². The zero-order valence-corrected chi connectivity index (χ0v) is 13.4. The molecule has 0 bridgehead atoms. The summed E-state index contributed by atoms with van der Waals surface area (Å²) in [6.45, 7) is 3.49. The monoisotopic (exact) mass is 314 g/mol. The predicted octanol–water partition coefficient (Wildman–Crippen LogP) is 3.79. The van der Waals surface area contributed by atoms with Gasteiger partial charge in [0.25, 0.3) is 0 Å². The zero-order valence-electron chi connectivity index (χ0n) is 12.6. The van der Waals surface area contributed by atoms with Crippen LogP contribution >= 0.6 is 11.8 Å². The molecule has 2 rings (SSSR count). The number of anilines is 1. The lowest BCUT2D eigenvalue weighted by atomic mass is 10.1. The number of benzene rings is 1. The molecule has 0 radical (unpaired) electrons. The van der Waals surface area contributed by atoms with Crippen LogP contribution in [0, 0.1) is 0 Å². The Kier molecular flexibility index (Phi) is 5.72. The van der Waals surface area contributed by atoms with E-state index in [0.717, 1.165) is 5.03 Å². The maximum atomic E-state index is 12.3. The smallest absolute Gasteiger partial charge is 0.237 e. The van der Waals surface area contributed by atoms with Crippen molar-refractivity contribution in [2.24, 2.45) is 0 Å². The van der Waals surface area contributed by atoms with E-state index in [1.165, 1.54) is 18.7 Å². The molecule has 0 aliphatic heterocycles. The van der Waals surface area contributed by atoms with Crippen LogP contribution in [-0.4, -0.2) is 21.9 Å². The lowest BCUT2D eigenvalue weighted by Gasteiger charge is -2.14. The van der Waals surface area contributed by atoms with Crippen molar-refractivity contribution in [1.82, 2.24) is 4.98 Å². The third-order valence-corrected chi connectivity index (χ3v) is 4.44. The van der Waals surface area contributed by atoms with Crippen LogP contribution in [0.15, 0.2) is 53.7 Å². The van der Waals surface area contributed by atoms with Gasteiger partial charge in [-0.05, 0) is 49.7 Å². The summed E-state index contributed by atoms with van der Waals surface area (Å²) >= 11 is 1.45.